The van der Waals surface area contributed by atoms with Crippen LogP contribution in [0.25, 0.3) is 0 Å². The van der Waals surface area contributed by atoms with Crippen LogP contribution in [0.5, 0.6) is 5.75 Å². The summed E-state index contributed by atoms with van der Waals surface area (Å²) < 4.78 is 39.3. The molecule has 15 heavy (non-hydrogen) atoms. The summed E-state index contributed by atoms with van der Waals surface area (Å²) in [6, 6.07) is 3.46. The minimum Gasteiger partial charge on any atom is -0.406 e. The van der Waals surface area contributed by atoms with E-state index in [-0.39, 0.29) is 16.9 Å². The van der Waals surface area contributed by atoms with E-state index in [1.807, 2.05) is 0 Å². The first kappa shape index (κ1) is 11.8. The maximum atomic E-state index is 11.9. The van der Waals surface area contributed by atoms with Crippen LogP contribution in [0.1, 0.15) is 15.9 Å². The van der Waals surface area contributed by atoms with Crippen LogP contribution in [-0.4, -0.2) is 11.6 Å². The Morgan fingerprint density at radius 1 is 1.40 bits per heavy atom. The van der Waals surface area contributed by atoms with Gasteiger partial charge in [0, 0.05) is 5.56 Å². The van der Waals surface area contributed by atoms with Gasteiger partial charge in [-0.2, -0.15) is 0 Å². The maximum absolute atomic E-state index is 11.9. The summed E-state index contributed by atoms with van der Waals surface area (Å²) in [5.41, 5.74) is 0.322. The Hall–Kier alpha value is -1.23. The van der Waals surface area contributed by atoms with E-state index in [0.717, 1.165) is 6.07 Å². The number of aryl methyl sites for hydroxylation is 1. The summed E-state index contributed by atoms with van der Waals surface area (Å²) in [6.45, 7) is 1.39. The van der Waals surface area contributed by atoms with Crippen molar-refractivity contribution < 1.29 is 22.7 Å². The Labute approximate surface area is 88.6 Å². The summed E-state index contributed by atoms with van der Waals surface area (Å²) >= 11 is 5.16. The topological polar surface area (TPSA) is 26.3 Å². The summed E-state index contributed by atoms with van der Waals surface area (Å²) in [7, 11) is 0. The monoisotopic (exact) mass is 238 g/mol. The molecule has 0 saturated carbocycles. The number of benzene rings is 1. The molecule has 0 fully saturated rings. The van der Waals surface area contributed by atoms with E-state index in [1.165, 1.54) is 19.1 Å². The highest BCUT2D eigenvalue weighted by Gasteiger charge is 2.31. The van der Waals surface area contributed by atoms with Crippen molar-refractivity contribution in [1.29, 1.82) is 0 Å². The normalized spacial score (nSPS) is 11.3. The first-order chi connectivity index (χ1) is 6.79. The van der Waals surface area contributed by atoms with E-state index in [4.69, 9.17) is 11.6 Å². The van der Waals surface area contributed by atoms with Gasteiger partial charge in [0.05, 0.1) is 0 Å². The zero-order valence-corrected chi connectivity index (χ0v) is 8.32. The van der Waals surface area contributed by atoms with E-state index < -0.39 is 11.6 Å². The van der Waals surface area contributed by atoms with Gasteiger partial charge in [0.2, 0.25) is 0 Å². The van der Waals surface area contributed by atoms with Crippen molar-refractivity contribution in [2.24, 2.45) is 0 Å². The highest BCUT2D eigenvalue weighted by molar-refractivity contribution is 6.67. The fraction of sp³-hybridized carbons (Fsp3) is 0.222. The summed E-state index contributed by atoms with van der Waals surface area (Å²) in [5, 5.41) is -0.725. The molecule has 1 rings (SSSR count). The molecule has 0 bridgehead atoms. The lowest BCUT2D eigenvalue weighted by Gasteiger charge is -2.11. The van der Waals surface area contributed by atoms with Crippen LogP contribution in [0.15, 0.2) is 18.2 Å². The van der Waals surface area contributed by atoms with Crippen LogP contribution >= 0.6 is 11.6 Å². The molecule has 0 unspecified atom stereocenters. The third-order valence-corrected chi connectivity index (χ3v) is 1.85. The van der Waals surface area contributed by atoms with Gasteiger partial charge in [0.15, 0.2) is 0 Å². The number of ether oxygens (including phenoxy) is 1. The van der Waals surface area contributed by atoms with Gasteiger partial charge < -0.3 is 4.74 Å². The molecule has 82 valence electrons. The number of carbonyl (C=O) groups excluding carboxylic acids is 1. The third-order valence-electron chi connectivity index (χ3n) is 1.63. The summed E-state index contributed by atoms with van der Waals surface area (Å²) in [4.78, 5) is 10.7. The summed E-state index contributed by atoms with van der Waals surface area (Å²) in [5.74, 6) is -0.343. The van der Waals surface area contributed by atoms with E-state index >= 15 is 0 Å². The second-order valence-corrected chi connectivity index (χ2v) is 3.15. The van der Waals surface area contributed by atoms with Crippen LogP contribution in [0.2, 0.25) is 0 Å². The van der Waals surface area contributed by atoms with Crippen molar-refractivity contribution in [1.82, 2.24) is 0 Å². The first-order valence-corrected chi connectivity index (χ1v) is 4.23. The van der Waals surface area contributed by atoms with E-state index in [9.17, 15) is 18.0 Å². The molecule has 0 aliphatic rings. The van der Waals surface area contributed by atoms with E-state index in [0.29, 0.717) is 0 Å². The molecule has 2 nitrogen and oxygen atoms in total. The second kappa shape index (κ2) is 4.10. The van der Waals surface area contributed by atoms with Crippen molar-refractivity contribution in [2.45, 2.75) is 13.3 Å². The molecular formula is C9H6ClF3O2. The first-order valence-electron chi connectivity index (χ1n) is 3.86. The number of alkyl halides is 3. The second-order valence-electron chi connectivity index (χ2n) is 2.80. The van der Waals surface area contributed by atoms with Crippen molar-refractivity contribution >= 4 is 16.8 Å². The largest absolute Gasteiger partial charge is 0.573 e. The molecule has 0 radical (unpaired) electrons. The quantitative estimate of drug-likeness (QED) is 0.739. The predicted octanol–water partition coefficient (Wildman–Crippen LogP) is 3.27. The Balaban J connectivity index is 2.99. The third kappa shape index (κ3) is 3.43. The number of hydrogen-bond acceptors (Lipinski definition) is 2. The molecule has 1 aromatic rings. The average molecular weight is 239 g/mol. The van der Waals surface area contributed by atoms with Crippen LogP contribution in [0.4, 0.5) is 13.2 Å². The molecular weight excluding hydrogens is 233 g/mol. The van der Waals surface area contributed by atoms with E-state index in [1.54, 1.807) is 0 Å². The van der Waals surface area contributed by atoms with Crippen molar-refractivity contribution in [3.05, 3.63) is 29.3 Å². The average Bonchev–Trinajstić information content (AvgIpc) is 2.05. The SMILES string of the molecule is Cc1cc(C(=O)Cl)ccc1OC(F)(F)F. The lowest BCUT2D eigenvalue weighted by Crippen LogP contribution is -2.17. The van der Waals surface area contributed by atoms with Crippen LogP contribution < -0.4 is 4.74 Å². The minimum absolute atomic E-state index is 0.128. The van der Waals surface area contributed by atoms with Crippen molar-refractivity contribution in [2.75, 3.05) is 0 Å². The molecule has 0 aliphatic carbocycles. The van der Waals surface area contributed by atoms with Gasteiger partial charge in [-0.15, -0.1) is 13.2 Å². The fourth-order valence-corrected chi connectivity index (χ4v) is 1.13. The molecule has 1 aromatic carbocycles. The highest BCUT2D eigenvalue weighted by atomic mass is 35.5. The molecule has 0 amide bonds. The Morgan fingerprint density at radius 3 is 2.40 bits per heavy atom. The Kier molecular flexibility index (Phi) is 3.24. The zero-order valence-electron chi connectivity index (χ0n) is 7.56. The number of halogens is 4. The molecule has 0 heterocycles. The highest BCUT2D eigenvalue weighted by Crippen LogP contribution is 2.26. The van der Waals surface area contributed by atoms with Crippen LogP contribution in [-0.2, 0) is 0 Å². The van der Waals surface area contributed by atoms with Crippen molar-refractivity contribution in [3.8, 4) is 5.75 Å². The fourth-order valence-electron chi connectivity index (χ4n) is 1.01. The predicted molar refractivity (Wildman–Crippen MR) is 48.0 cm³/mol. The van der Waals surface area contributed by atoms with Crippen LogP contribution in [0.3, 0.4) is 0 Å². The van der Waals surface area contributed by atoms with Gasteiger partial charge in [0.1, 0.15) is 5.75 Å². The van der Waals surface area contributed by atoms with Crippen LogP contribution in [0, 0.1) is 6.92 Å². The molecule has 6 heteroatoms. The van der Waals surface area contributed by atoms with Gasteiger partial charge in [-0.25, -0.2) is 0 Å². The molecule has 0 spiro atoms. The lowest BCUT2D eigenvalue weighted by atomic mass is 10.1. The van der Waals surface area contributed by atoms with Gasteiger partial charge in [-0.05, 0) is 42.3 Å². The maximum Gasteiger partial charge on any atom is 0.573 e. The molecule has 0 N–H and O–H groups in total. The zero-order chi connectivity index (χ0) is 11.6. The Bertz CT molecular complexity index is 387. The molecule has 0 aliphatic heterocycles. The Morgan fingerprint density at radius 2 is 2.00 bits per heavy atom. The summed E-state index contributed by atoms with van der Waals surface area (Å²) in [6.07, 6.45) is -4.74. The minimum atomic E-state index is -4.74. The smallest absolute Gasteiger partial charge is 0.406 e. The lowest BCUT2D eigenvalue weighted by molar-refractivity contribution is -0.274. The number of hydrogen-bond donors (Lipinski definition) is 0. The van der Waals surface area contributed by atoms with E-state index in [2.05, 4.69) is 4.74 Å². The molecule has 0 atom stereocenters. The molecule has 0 aromatic heterocycles. The van der Waals surface area contributed by atoms with Gasteiger partial charge in [-0.1, -0.05) is 0 Å². The standard InChI is InChI=1S/C9H6ClF3O2/c1-5-4-6(8(10)14)2-3-7(5)15-9(11,12)13/h2-4H,1H3. The van der Waals surface area contributed by atoms with Gasteiger partial charge >= 0.3 is 6.36 Å². The van der Waals surface area contributed by atoms with Crippen molar-refractivity contribution in [3.63, 3.8) is 0 Å². The van der Waals surface area contributed by atoms with Gasteiger partial charge in [0.25, 0.3) is 5.24 Å². The number of rotatable bonds is 2. The van der Waals surface area contributed by atoms with Gasteiger partial charge in [-0.3, -0.25) is 4.79 Å². The molecule has 0 saturated heterocycles. The number of carbonyl (C=O) groups is 1.